The summed E-state index contributed by atoms with van der Waals surface area (Å²) in [6.45, 7) is 22.2. The zero-order valence-electron chi connectivity index (χ0n) is 16.4. The van der Waals surface area contributed by atoms with Crippen molar-refractivity contribution in [3.8, 4) is 0 Å². The summed E-state index contributed by atoms with van der Waals surface area (Å²) in [6.07, 6.45) is 0. The molecule has 0 N–H and O–H groups in total. The summed E-state index contributed by atoms with van der Waals surface area (Å²) in [4.78, 5) is 12.8. The molecule has 0 bridgehead atoms. The van der Waals surface area contributed by atoms with E-state index >= 15 is 0 Å². The maximum Gasteiger partial charge on any atom is 0.0110 e. The summed E-state index contributed by atoms with van der Waals surface area (Å²) in [5.74, 6) is 0. The Hall–Kier alpha value is -0.200. The summed E-state index contributed by atoms with van der Waals surface area (Å²) in [5, 5.41) is 0. The van der Waals surface area contributed by atoms with Crippen molar-refractivity contribution >= 4 is 0 Å². The lowest BCUT2D eigenvalue weighted by Gasteiger charge is -2.29. The molecule has 0 aliphatic carbocycles. The minimum Gasteiger partial charge on any atom is -0.304 e. The van der Waals surface area contributed by atoms with Crippen LogP contribution in [0.25, 0.3) is 0 Å². The van der Waals surface area contributed by atoms with Crippen LogP contribution in [0.5, 0.6) is 0 Å². The van der Waals surface area contributed by atoms with Gasteiger partial charge in [-0.05, 0) is 33.7 Å². The molecule has 5 nitrogen and oxygen atoms in total. The van der Waals surface area contributed by atoms with Crippen molar-refractivity contribution in [2.75, 3.05) is 99.2 Å². The minimum atomic E-state index is 1.16. The van der Waals surface area contributed by atoms with Crippen molar-refractivity contribution in [2.24, 2.45) is 0 Å². The Kier molecular flexibility index (Phi) is 11.1. The molecular weight excluding hydrogens is 286 g/mol. The van der Waals surface area contributed by atoms with E-state index in [0.717, 1.165) is 19.6 Å². The highest BCUT2D eigenvalue weighted by Crippen LogP contribution is 1.98. The van der Waals surface area contributed by atoms with E-state index in [9.17, 15) is 0 Å². The maximum absolute atomic E-state index is 2.61. The van der Waals surface area contributed by atoms with E-state index < -0.39 is 0 Å². The third kappa shape index (κ3) is 9.01. The van der Waals surface area contributed by atoms with Gasteiger partial charge in [-0.1, -0.05) is 20.8 Å². The van der Waals surface area contributed by atoms with Gasteiger partial charge in [0, 0.05) is 65.4 Å². The fourth-order valence-electron chi connectivity index (χ4n) is 3.04. The van der Waals surface area contributed by atoms with Gasteiger partial charge in [0.15, 0.2) is 0 Å². The number of hydrogen-bond acceptors (Lipinski definition) is 5. The average Bonchev–Trinajstić information content (AvgIpc) is 2.57. The lowest BCUT2D eigenvalue weighted by atomic mass is 10.3. The first-order chi connectivity index (χ1) is 11.1. The molecular formula is C18H41N5. The van der Waals surface area contributed by atoms with Gasteiger partial charge >= 0.3 is 0 Å². The Bertz CT molecular complexity index is 261. The molecule has 5 heteroatoms. The smallest absolute Gasteiger partial charge is 0.0110 e. The molecule has 0 aromatic rings. The van der Waals surface area contributed by atoms with Crippen molar-refractivity contribution in [3.05, 3.63) is 0 Å². The van der Waals surface area contributed by atoms with Gasteiger partial charge in [0.25, 0.3) is 0 Å². The number of hydrogen-bond donors (Lipinski definition) is 0. The highest BCUT2D eigenvalue weighted by molar-refractivity contribution is 4.68. The van der Waals surface area contributed by atoms with Gasteiger partial charge in [-0.3, -0.25) is 0 Å². The predicted octanol–water partition coefficient (Wildman–Crippen LogP) is 0.829. The number of nitrogens with zero attached hydrogens (tertiary/aromatic N) is 5. The van der Waals surface area contributed by atoms with Gasteiger partial charge < -0.3 is 24.5 Å². The van der Waals surface area contributed by atoms with Gasteiger partial charge in [0.2, 0.25) is 0 Å². The molecule has 0 unspecified atom stereocenters. The van der Waals surface area contributed by atoms with Gasteiger partial charge in [0.1, 0.15) is 0 Å². The van der Waals surface area contributed by atoms with E-state index in [2.05, 4.69) is 59.4 Å². The highest BCUT2D eigenvalue weighted by Gasteiger charge is 2.12. The number of rotatable bonds is 3. The van der Waals surface area contributed by atoms with Crippen LogP contribution in [-0.2, 0) is 0 Å². The molecule has 1 heterocycles. The van der Waals surface area contributed by atoms with E-state index in [-0.39, 0.29) is 0 Å². The van der Waals surface area contributed by atoms with Crippen LogP contribution in [0, 0.1) is 0 Å². The van der Waals surface area contributed by atoms with Gasteiger partial charge in [-0.15, -0.1) is 0 Å². The van der Waals surface area contributed by atoms with Crippen LogP contribution < -0.4 is 0 Å². The quantitative estimate of drug-likeness (QED) is 0.761. The fraction of sp³-hybridized carbons (Fsp3) is 1.00. The summed E-state index contributed by atoms with van der Waals surface area (Å²) in [6, 6.07) is 0. The molecule has 1 rings (SSSR count). The third-order valence-electron chi connectivity index (χ3n) is 5.27. The zero-order chi connectivity index (χ0) is 17.1. The largest absolute Gasteiger partial charge is 0.304 e. The molecule has 1 saturated heterocycles. The first-order valence-corrected chi connectivity index (χ1v) is 9.63. The van der Waals surface area contributed by atoms with Crippen molar-refractivity contribution < 1.29 is 0 Å². The number of likely N-dealkylation sites (N-methyl/N-ethyl adjacent to an activating group) is 5. The monoisotopic (exact) mass is 327 g/mol. The van der Waals surface area contributed by atoms with E-state index in [4.69, 9.17) is 0 Å². The normalized spacial score (nSPS) is 24.4. The fourth-order valence-corrected chi connectivity index (χ4v) is 3.04. The lowest BCUT2D eigenvalue weighted by Crippen LogP contribution is -2.41. The Labute approximate surface area is 145 Å². The summed E-state index contributed by atoms with van der Waals surface area (Å²) in [7, 11) is 4.52. The van der Waals surface area contributed by atoms with E-state index in [1.807, 2.05) is 0 Å². The standard InChI is InChI=1S/C18H41N5/c1-6-21-13-11-19(4)9-10-20(5)12-14-22(7-2)16-18-23(8-3)17-15-21/h6-18H2,1-5H3. The average molecular weight is 328 g/mol. The molecule has 0 amide bonds. The first kappa shape index (κ1) is 20.8. The molecule has 0 radical (unpaired) electrons. The molecule has 1 aliphatic heterocycles. The molecule has 1 fully saturated rings. The first-order valence-electron chi connectivity index (χ1n) is 9.63. The van der Waals surface area contributed by atoms with Crippen LogP contribution in [-0.4, -0.2) is 124 Å². The minimum absolute atomic E-state index is 1.16. The van der Waals surface area contributed by atoms with Crippen LogP contribution in [0.15, 0.2) is 0 Å². The molecule has 0 aromatic carbocycles. The van der Waals surface area contributed by atoms with Gasteiger partial charge in [-0.2, -0.15) is 0 Å². The predicted molar refractivity (Wildman–Crippen MR) is 101 cm³/mol. The van der Waals surface area contributed by atoms with Gasteiger partial charge in [-0.25, -0.2) is 0 Å². The lowest BCUT2D eigenvalue weighted by molar-refractivity contribution is 0.178. The Balaban J connectivity index is 2.61. The molecule has 138 valence electrons. The highest BCUT2D eigenvalue weighted by atomic mass is 15.3. The second-order valence-corrected chi connectivity index (χ2v) is 6.91. The van der Waals surface area contributed by atoms with Crippen molar-refractivity contribution in [1.82, 2.24) is 24.5 Å². The van der Waals surface area contributed by atoms with Crippen LogP contribution >= 0.6 is 0 Å². The Morgan fingerprint density at radius 1 is 0.435 bits per heavy atom. The topological polar surface area (TPSA) is 16.2 Å². The van der Waals surface area contributed by atoms with Crippen molar-refractivity contribution in [3.63, 3.8) is 0 Å². The van der Waals surface area contributed by atoms with Crippen LogP contribution in [0.4, 0.5) is 0 Å². The van der Waals surface area contributed by atoms with Crippen LogP contribution in [0.2, 0.25) is 0 Å². The second-order valence-electron chi connectivity index (χ2n) is 6.91. The van der Waals surface area contributed by atoms with E-state index in [1.165, 1.54) is 65.4 Å². The van der Waals surface area contributed by atoms with E-state index in [1.54, 1.807) is 0 Å². The molecule has 0 saturated carbocycles. The van der Waals surface area contributed by atoms with E-state index in [0.29, 0.717) is 0 Å². The zero-order valence-corrected chi connectivity index (χ0v) is 16.4. The Morgan fingerprint density at radius 3 is 0.913 bits per heavy atom. The Morgan fingerprint density at radius 2 is 0.652 bits per heavy atom. The second kappa shape index (κ2) is 12.2. The van der Waals surface area contributed by atoms with Crippen molar-refractivity contribution in [2.45, 2.75) is 20.8 Å². The van der Waals surface area contributed by atoms with Crippen LogP contribution in [0.1, 0.15) is 20.8 Å². The molecule has 1 aliphatic rings. The van der Waals surface area contributed by atoms with Gasteiger partial charge in [0.05, 0.1) is 0 Å². The molecule has 0 atom stereocenters. The molecule has 0 spiro atoms. The van der Waals surface area contributed by atoms with Crippen molar-refractivity contribution in [1.29, 1.82) is 0 Å². The molecule has 23 heavy (non-hydrogen) atoms. The summed E-state index contributed by atoms with van der Waals surface area (Å²) >= 11 is 0. The summed E-state index contributed by atoms with van der Waals surface area (Å²) in [5.41, 5.74) is 0. The molecule has 0 aromatic heterocycles. The van der Waals surface area contributed by atoms with Crippen LogP contribution in [0.3, 0.4) is 0 Å². The summed E-state index contributed by atoms with van der Waals surface area (Å²) < 4.78 is 0. The SMILES string of the molecule is CCN1CCN(C)CCN(C)CCN(CC)CCN(CC)CC1. The third-order valence-corrected chi connectivity index (χ3v) is 5.27. The maximum atomic E-state index is 2.61.